The lowest BCUT2D eigenvalue weighted by molar-refractivity contribution is 0.126. The number of nitrogens with one attached hydrogen (secondary N) is 2. The second-order valence-corrected chi connectivity index (χ2v) is 10.8. The molecule has 4 aromatic rings. The Morgan fingerprint density at radius 1 is 0.861 bits per heavy atom. The van der Waals surface area contributed by atoms with Gasteiger partial charge in [-0.25, -0.2) is 9.97 Å². The van der Waals surface area contributed by atoms with E-state index in [2.05, 4.69) is 39.9 Å². The van der Waals surface area contributed by atoms with Crippen molar-refractivity contribution in [3.05, 3.63) is 54.9 Å². The van der Waals surface area contributed by atoms with Crippen molar-refractivity contribution in [1.82, 2.24) is 15.0 Å². The van der Waals surface area contributed by atoms with Crippen molar-refractivity contribution in [3.8, 4) is 16.9 Å². The second-order valence-electron chi connectivity index (χ2n) is 9.82. The average Bonchev–Trinajstić information content (AvgIpc) is 3.55. The van der Waals surface area contributed by atoms with Crippen molar-refractivity contribution in [2.45, 2.75) is 69.6 Å². The zero-order valence-electron chi connectivity index (χ0n) is 20.2. The minimum atomic E-state index is -0.158. The van der Waals surface area contributed by atoms with E-state index in [0.29, 0.717) is 12.1 Å². The van der Waals surface area contributed by atoms with E-state index in [1.54, 1.807) is 11.3 Å². The summed E-state index contributed by atoms with van der Waals surface area (Å²) in [4.78, 5) is 13.9. The van der Waals surface area contributed by atoms with Gasteiger partial charge in [0.1, 0.15) is 17.4 Å². The number of hydrogen-bond acceptors (Lipinski definition) is 8. The van der Waals surface area contributed by atoms with Crippen LogP contribution in [0.1, 0.15) is 51.4 Å². The lowest BCUT2D eigenvalue weighted by atomic mass is 9.93. The molecule has 8 heteroatoms. The zero-order valence-corrected chi connectivity index (χ0v) is 21.0. The van der Waals surface area contributed by atoms with E-state index in [4.69, 9.17) is 14.7 Å². The van der Waals surface area contributed by atoms with Gasteiger partial charge in [0.25, 0.3) is 0 Å². The van der Waals surface area contributed by atoms with Crippen LogP contribution in [0, 0.1) is 0 Å². The van der Waals surface area contributed by atoms with Gasteiger partial charge in [0.2, 0.25) is 0 Å². The van der Waals surface area contributed by atoms with E-state index in [1.165, 1.54) is 12.8 Å². The molecule has 1 aromatic carbocycles. The van der Waals surface area contributed by atoms with Crippen molar-refractivity contribution < 1.29 is 9.84 Å². The number of benzene rings is 1. The number of rotatable bonds is 7. The summed E-state index contributed by atoms with van der Waals surface area (Å²) < 4.78 is 7.26. The Labute approximate surface area is 215 Å². The fourth-order valence-electron chi connectivity index (χ4n) is 5.12. The molecule has 6 rings (SSSR count). The molecular formula is C28H31N5O2S. The van der Waals surface area contributed by atoms with Gasteiger partial charge >= 0.3 is 0 Å². The summed E-state index contributed by atoms with van der Waals surface area (Å²) in [6.45, 7) is 0. The maximum Gasteiger partial charge on any atom is 0.189 e. The van der Waals surface area contributed by atoms with Crippen molar-refractivity contribution in [2.24, 2.45) is 0 Å². The van der Waals surface area contributed by atoms with Crippen LogP contribution in [0.25, 0.3) is 21.3 Å². The second kappa shape index (κ2) is 10.4. The van der Waals surface area contributed by atoms with E-state index >= 15 is 0 Å². The smallest absolute Gasteiger partial charge is 0.189 e. The van der Waals surface area contributed by atoms with Crippen LogP contribution >= 0.6 is 11.3 Å². The number of aliphatic hydroxyl groups excluding tert-OH is 1. The minimum absolute atomic E-state index is 0.158. The van der Waals surface area contributed by atoms with Crippen molar-refractivity contribution in [2.75, 3.05) is 10.6 Å². The number of nitrogens with zero attached hydrogens (tertiary/aromatic N) is 3. The molecule has 0 bridgehead atoms. The van der Waals surface area contributed by atoms with Crippen LogP contribution < -0.4 is 15.4 Å². The number of aromatic nitrogens is 3. The highest BCUT2D eigenvalue weighted by molar-refractivity contribution is 7.22. The lowest BCUT2D eigenvalue weighted by Gasteiger charge is -2.26. The Morgan fingerprint density at radius 3 is 2.56 bits per heavy atom. The summed E-state index contributed by atoms with van der Waals surface area (Å²) in [6, 6.07) is 14.7. The van der Waals surface area contributed by atoms with Gasteiger partial charge in [0.15, 0.2) is 5.13 Å². The third-order valence-electron chi connectivity index (χ3n) is 7.07. The monoisotopic (exact) mass is 501 g/mol. The summed E-state index contributed by atoms with van der Waals surface area (Å²) in [6.07, 6.45) is 12.2. The molecule has 3 aromatic heterocycles. The highest BCUT2D eigenvalue weighted by Crippen LogP contribution is 2.33. The molecule has 2 fully saturated rings. The quantitative estimate of drug-likeness (QED) is 0.265. The number of fused-ring (bicyclic) bond motifs is 1. The van der Waals surface area contributed by atoms with Gasteiger partial charge in [-0.2, -0.15) is 0 Å². The molecule has 3 N–H and O–H groups in total. The van der Waals surface area contributed by atoms with Crippen LogP contribution in [0.2, 0.25) is 0 Å². The lowest BCUT2D eigenvalue weighted by Crippen LogP contribution is -2.28. The Balaban J connectivity index is 1.16. The molecule has 0 saturated heterocycles. The highest BCUT2D eigenvalue weighted by Gasteiger charge is 2.20. The number of thiazole rings is 1. The molecule has 0 aliphatic heterocycles. The molecule has 0 atom stereocenters. The summed E-state index contributed by atoms with van der Waals surface area (Å²) in [7, 11) is 0. The number of aliphatic hydroxyl groups is 1. The molecule has 2 aliphatic carbocycles. The summed E-state index contributed by atoms with van der Waals surface area (Å²) in [5.41, 5.74) is 3.10. The van der Waals surface area contributed by atoms with E-state index in [0.717, 1.165) is 82.4 Å². The molecule has 0 spiro atoms. The van der Waals surface area contributed by atoms with Gasteiger partial charge in [-0.05, 0) is 87.3 Å². The van der Waals surface area contributed by atoms with Crippen LogP contribution in [-0.4, -0.2) is 38.3 Å². The number of hydrogen-bond donors (Lipinski definition) is 3. The molecule has 36 heavy (non-hydrogen) atoms. The summed E-state index contributed by atoms with van der Waals surface area (Å²) >= 11 is 1.61. The predicted molar refractivity (Wildman–Crippen MR) is 145 cm³/mol. The maximum absolute atomic E-state index is 9.74. The van der Waals surface area contributed by atoms with Crippen molar-refractivity contribution in [1.29, 1.82) is 0 Å². The van der Waals surface area contributed by atoms with Crippen LogP contribution in [0.15, 0.2) is 54.9 Å². The van der Waals surface area contributed by atoms with E-state index in [9.17, 15) is 5.11 Å². The van der Waals surface area contributed by atoms with Gasteiger partial charge in [-0.3, -0.25) is 4.98 Å². The maximum atomic E-state index is 9.74. The zero-order chi connectivity index (χ0) is 24.3. The average molecular weight is 502 g/mol. The SMILES string of the molecule is O[C@H]1CC[C@H](Nc2cccc(Nc3nc4ccc(-c5cncc(OC6CCCC6)c5)cc4s3)n2)CC1. The van der Waals surface area contributed by atoms with E-state index in [1.807, 2.05) is 30.6 Å². The van der Waals surface area contributed by atoms with Crippen LogP contribution in [-0.2, 0) is 0 Å². The van der Waals surface area contributed by atoms with Gasteiger partial charge in [0, 0.05) is 17.8 Å². The molecule has 3 heterocycles. The first-order valence-corrected chi connectivity index (χ1v) is 13.7. The predicted octanol–water partition coefficient (Wildman–Crippen LogP) is 6.53. The fraction of sp³-hybridized carbons (Fsp3) is 0.393. The first-order valence-electron chi connectivity index (χ1n) is 12.9. The molecule has 186 valence electrons. The molecule has 2 aliphatic rings. The standard InChI is InChI=1S/C28H31N5O2S/c34-21-11-9-20(10-12-21)30-26-6-3-7-27(32-26)33-28-31-24-13-8-18(15-25(24)36-28)19-14-23(17-29-16-19)35-22-4-1-2-5-22/h3,6-8,13-17,20-22,34H,1-2,4-5,9-12H2,(H2,30,31,32,33)/t20-,21-. The van der Waals surface area contributed by atoms with Gasteiger partial charge in [0.05, 0.1) is 28.6 Å². The fourth-order valence-corrected chi connectivity index (χ4v) is 6.03. The van der Waals surface area contributed by atoms with Crippen LogP contribution in [0.3, 0.4) is 0 Å². The van der Waals surface area contributed by atoms with Crippen molar-refractivity contribution in [3.63, 3.8) is 0 Å². The topological polar surface area (TPSA) is 92.2 Å². The summed E-state index contributed by atoms with van der Waals surface area (Å²) in [5, 5.41) is 17.4. The molecule has 7 nitrogen and oxygen atoms in total. The minimum Gasteiger partial charge on any atom is -0.489 e. The Bertz CT molecular complexity index is 1330. The number of ether oxygens (including phenoxy) is 1. The normalized spacial score (nSPS) is 20.5. The third-order valence-corrected chi connectivity index (χ3v) is 8.01. The van der Waals surface area contributed by atoms with Crippen molar-refractivity contribution >= 4 is 38.3 Å². The van der Waals surface area contributed by atoms with Gasteiger partial charge in [-0.15, -0.1) is 0 Å². The molecule has 2 saturated carbocycles. The summed E-state index contributed by atoms with van der Waals surface area (Å²) in [5.74, 6) is 2.45. The van der Waals surface area contributed by atoms with Gasteiger partial charge < -0.3 is 20.5 Å². The molecular weight excluding hydrogens is 470 g/mol. The van der Waals surface area contributed by atoms with Crippen LogP contribution in [0.4, 0.5) is 16.8 Å². The molecule has 0 unspecified atom stereocenters. The van der Waals surface area contributed by atoms with Gasteiger partial charge in [-0.1, -0.05) is 23.5 Å². The molecule has 0 amide bonds. The molecule has 0 radical (unpaired) electrons. The van der Waals surface area contributed by atoms with E-state index < -0.39 is 0 Å². The number of anilines is 3. The Morgan fingerprint density at radius 2 is 1.69 bits per heavy atom. The third kappa shape index (κ3) is 5.44. The van der Waals surface area contributed by atoms with E-state index in [-0.39, 0.29) is 6.10 Å². The first kappa shape index (κ1) is 23.2. The highest BCUT2D eigenvalue weighted by atomic mass is 32.1. The Kier molecular flexibility index (Phi) is 6.70. The number of pyridine rings is 2. The Hall–Kier alpha value is -3.23. The first-order chi connectivity index (χ1) is 17.7. The largest absolute Gasteiger partial charge is 0.489 e. The van der Waals surface area contributed by atoms with Crippen LogP contribution in [0.5, 0.6) is 5.75 Å².